The number of pyridine rings is 1. The van der Waals surface area contributed by atoms with E-state index in [9.17, 15) is 9.59 Å². The topological polar surface area (TPSA) is 115 Å². The van der Waals surface area contributed by atoms with E-state index < -0.39 is 12.1 Å². The van der Waals surface area contributed by atoms with Crippen LogP contribution in [0.5, 0.6) is 0 Å². The number of nitrogens with one attached hydrogen (secondary N) is 1. The summed E-state index contributed by atoms with van der Waals surface area (Å²) < 4.78 is 8.33. The zero-order valence-electron chi connectivity index (χ0n) is 25.4. The first-order valence-corrected chi connectivity index (χ1v) is 16.1. The maximum Gasteiger partial charge on any atom is 0.324 e. The molecule has 2 atom stereocenters. The fourth-order valence-electron chi connectivity index (χ4n) is 6.37. The summed E-state index contributed by atoms with van der Waals surface area (Å²) in [5.74, 6) is -0.585. The van der Waals surface area contributed by atoms with Gasteiger partial charge in [0.25, 0.3) is 5.91 Å². The van der Waals surface area contributed by atoms with Crippen LogP contribution in [0.15, 0.2) is 41.9 Å². The van der Waals surface area contributed by atoms with E-state index in [2.05, 4.69) is 62.0 Å². The van der Waals surface area contributed by atoms with E-state index in [1.165, 1.54) is 16.3 Å². The minimum Gasteiger partial charge on any atom is -0.464 e. The Labute approximate surface area is 256 Å². The molecule has 6 bridgehead atoms. The number of rotatable bonds is 3. The highest BCUT2D eigenvalue weighted by atomic mass is 32.1. The Morgan fingerprint density at radius 1 is 1.21 bits per heavy atom. The van der Waals surface area contributed by atoms with Gasteiger partial charge in [-0.1, -0.05) is 20.8 Å². The minimum absolute atomic E-state index is 0.241. The van der Waals surface area contributed by atoms with Crippen LogP contribution in [-0.2, 0) is 40.1 Å². The molecule has 0 saturated carbocycles. The molecular weight excluding hydrogens is 560 g/mol. The Morgan fingerprint density at radius 2 is 2.05 bits per heavy atom. The number of aromatic nitrogens is 3. The molecular formula is C33H40N6O3S. The molecule has 1 amide bonds. The van der Waals surface area contributed by atoms with Gasteiger partial charge in [-0.25, -0.2) is 10.4 Å². The summed E-state index contributed by atoms with van der Waals surface area (Å²) in [7, 11) is 0. The maximum atomic E-state index is 13.3. The Balaban J connectivity index is 1.52. The summed E-state index contributed by atoms with van der Waals surface area (Å²) in [4.78, 5) is 36.1. The average Bonchev–Trinajstić information content (AvgIpc) is 3.60. The molecule has 6 rings (SSSR count). The van der Waals surface area contributed by atoms with E-state index in [-0.39, 0.29) is 23.9 Å². The molecule has 1 fully saturated rings. The number of cyclic esters (lactones) is 1. The van der Waals surface area contributed by atoms with Crippen molar-refractivity contribution in [2.24, 2.45) is 11.1 Å². The van der Waals surface area contributed by atoms with Gasteiger partial charge in [-0.3, -0.25) is 19.6 Å². The number of esters is 1. The molecule has 3 N–H and O–H groups in total. The van der Waals surface area contributed by atoms with Gasteiger partial charge in [0, 0.05) is 64.2 Å². The highest BCUT2D eigenvalue weighted by Gasteiger charge is 2.34. The van der Waals surface area contributed by atoms with E-state index in [4.69, 9.17) is 20.4 Å². The molecule has 43 heavy (non-hydrogen) atoms. The second-order valence-electron chi connectivity index (χ2n) is 12.4. The van der Waals surface area contributed by atoms with Gasteiger partial charge in [-0.05, 0) is 68.5 Å². The Morgan fingerprint density at radius 3 is 2.84 bits per heavy atom. The number of ether oxygens (including phenoxy) is 1. The van der Waals surface area contributed by atoms with Crippen molar-refractivity contribution in [3.05, 3.63) is 58.9 Å². The zero-order valence-corrected chi connectivity index (χ0v) is 26.2. The lowest BCUT2D eigenvalue weighted by Crippen LogP contribution is -2.59. The second kappa shape index (κ2) is 11.8. The Kier molecular flexibility index (Phi) is 8.10. The SMILES string of the molecule is CCc1ncccc1-c1c2c3cc(ccc3n1CC)-c1nc(cs1)C[C@H](N)C(=O)N1CCC[C@H](N1)C(=O)OCC(C)(C)C2. The number of hydrogen-bond acceptors (Lipinski definition) is 8. The van der Waals surface area contributed by atoms with Gasteiger partial charge in [-0.2, -0.15) is 0 Å². The van der Waals surface area contributed by atoms with Crippen LogP contribution in [0.3, 0.4) is 0 Å². The standard InChI is InChI=1S/C33H40N6O3S/c1-5-26-22(9-7-13-35-26)29-24-17-33(3,4)19-42-32(41)27-10-8-14-39(37-27)31(40)25(34)16-21-18-43-30(36-21)20-11-12-28(23(24)15-20)38(29)6-2/h7,9,11-13,15,18,25,27,37H,5-6,8,10,14,16-17,19,34H2,1-4H3/t25-,27-/m0/s1. The summed E-state index contributed by atoms with van der Waals surface area (Å²) in [5, 5.41) is 5.53. The number of fused-ring (bicyclic) bond motifs is 6. The molecule has 5 heterocycles. The molecule has 4 aromatic rings. The minimum atomic E-state index is -0.766. The fraction of sp³-hybridized carbons (Fsp3) is 0.455. The average molecular weight is 601 g/mol. The zero-order chi connectivity index (χ0) is 30.3. The van der Waals surface area contributed by atoms with E-state index >= 15 is 0 Å². The van der Waals surface area contributed by atoms with Crippen molar-refractivity contribution in [3.63, 3.8) is 0 Å². The lowest BCUT2D eigenvalue weighted by molar-refractivity contribution is -0.154. The predicted octanol–water partition coefficient (Wildman–Crippen LogP) is 4.90. The van der Waals surface area contributed by atoms with Gasteiger partial charge < -0.3 is 15.0 Å². The summed E-state index contributed by atoms with van der Waals surface area (Å²) in [5.41, 5.74) is 16.6. The van der Waals surface area contributed by atoms with Crippen LogP contribution in [0.4, 0.5) is 0 Å². The highest BCUT2D eigenvalue weighted by Crippen LogP contribution is 2.41. The van der Waals surface area contributed by atoms with Crippen molar-refractivity contribution < 1.29 is 14.3 Å². The van der Waals surface area contributed by atoms with Gasteiger partial charge >= 0.3 is 5.97 Å². The van der Waals surface area contributed by atoms with Crippen LogP contribution in [0.1, 0.15) is 57.5 Å². The van der Waals surface area contributed by atoms with Crippen molar-refractivity contribution >= 4 is 34.1 Å². The number of hydrogen-bond donors (Lipinski definition) is 2. The van der Waals surface area contributed by atoms with Crippen LogP contribution < -0.4 is 11.2 Å². The van der Waals surface area contributed by atoms with Crippen molar-refractivity contribution in [2.75, 3.05) is 13.2 Å². The van der Waals surface area contributed by atoms with Crippen LogP contribution in [-0.4, -0.2) is 56.7 Å². The summed E-state index contributed by atoms with van der Waals surface area (Å²) in [6.45, 7) is 10.1. The van der Waals surface area contributed by atoms with Gasteiger partial charge in [-0.15, -0.1) is 11.3 Å². The quantitative estimate of drug-likeness (QED) is 0.322. The van der Waals surface area contributed by atoms with Gasteiger partial charge in [0.1, 0.15) is 11.0 Å². The third kappa shape index (κ3) is 5.71. The Hall–Kier alpha value is -3.60. The van der Waals surface area contributed by atoms with E-state index in [0.29, 0.717) is 32.2 Å². The second-order valence-corrected chi connectivity index (χ2v) is 13.2. The lowest BCUT2D eigenvalue weighted by Gasteiger charge is -2.34. The molecule has 9 nitrogen and oxygen atoms in total. The van der Waals surface area contributed by atoms with Gasteiger partial charge in [0.2, 0.25) is 0 Å². The molecule has 0 unspecified atom stereocenters. The number of nitrogens with two attached hydrogens (primary N) is 1. The summed E-state index contributed by atoms with van der Waals surface area (Å²) in [6.07, 6.45) is 5.00. The third-order valence-corrected chi connectivity index (χ3v) is 9.45. The molecule has 1 saturated heterocycles. The number of aryl methyl sites for hydroxylation is 2. The first-order chi connectivity index (χ1) is 20.7. The number of hydrazine groups is 1. The number of carbonyl (C=O) groups is 2. The van der Waals surface area contributed by atoms with Crippen molar-refractivity contribution in [3.8, 4) is 21.8 Å². The van der Waals surface area contributed by atoms with Gasteiger partial charge in [0.05, 0.1) is 24.0 Å². The molecule has 226 valence electrons. The molecule has 2 aliphatic heterocycles. The third-order valence-electron chi connectivity index (χ3n) is 8.51. The molecule has 10 heteroatoms. The number of amides is 1. The molecule has 0 radical (unpaired) electrons. The number of benzene rings is 1. The highest BCUT2D eigenvalue weighted by molar-refractivity contribution is 7.13. The van der Waals surface area contributed by atoms with E-state index in [1.54, 1.807) is 11.3 Å². The molecule has 0 spiro atoms. The van der Waals surface area contributed by atoms with Crippen molar-refractivity contribution in [2.45, 2.75) is 78.4 Å². The predicted molar refractivity (Wildman–Crippen MR) is 169 cm³/mol. The largest absolute Gasteiger partial charge is 0.464 e. The molecule has 2 aliphatic rings. The number of carbonyl (C=O) groups excluding carboxylic acids is 2. The fourth-order valence-corrected chi connectivity index (χ4v) is 7.20. The lowest BCUT2D eigenvalue weighted by atomic mass is 9.84. The van der Waals surface area contributed by atoms with Crippen LogP contribution in [0.25, 0.3) is 32.7 Å². The van der Waals surface area contributed by atoms with Crippen molar-refractivity contribution in [1.82, 2.24) is 25.0 Å². The first-order valence-electron chi connectivity index (χ1n) is 15.2. The van der Waals surface area contributed by atoms with E-state index in [1.807, 2.05) is 17.6 Å². The van der Waals surface area contributed by atoms with Crippen LogP contribution >= 0.6 is 11.3 Å². The smallest absolute Gasteiger partial charge is 0.324 e. The van der Waals surface area contributed by atoms with Crippen molar-refractivity contribution in [1.29, 1.82) is 0 Å². The monoisotopic (exact) mass is 600 g/mol. The first kappa shape index (κ1) is 29.5. The normalized spacial score (nSPS) is 21.1. The van der Waals surface area contributed by atoms with Crippen LogP contribution in [0, 0.1) is 5.41 Å². The molecule has 1 aromatic carbocycles. The van der Waals surface area contributed by atoms with E-state index in [0.717, 1.165) is 51.4 Å². The molecule has 0 aliphatic carbocycles. The number of nitrogens with zero attached hydrogens (tertiary/aromatic N) is 4. The molecule has 3 aromatic heterocycles. The summed E-state index contributed by atoms with van der Waals surface area (Å²) >= 11 is 1.57. The Bertz CT molecular complexity index is 1670. The summed E-state index contributed by atoms with van der Waals surface area (Å²) in [6, 6.07) is 9.37. The van der Waals surface area contributed by atoms with Crippen LogP contribution in [0.2, 0.25) is 0 Å². The number of thiazole rings is 1. The maximum absolute atomic E-state index is 13.3. The van der Waals surface area contributed by atoms with Gasteiger partial charge in [0.15, 0.2) is 0 Å².